The molecule has 1 aromatic carbocycles. The van der Waals surface area contributed by atoms with Gasteiger partial charge in [-0.1, -0.05) is 22.9 Å². The first-order chi connectivity index (χ1) is 8.43. The van der Waals surface area contributed by atoms with Crippen LogP contribution in [0.25, 0.3) is 0 Å². The van der Waals surface area contributed by atoms with Crippen molar-refractivity contribution in [2.24, 2.45) is 11.7 Å². The van der Waals surface area contributed by atoms with E-state index in [0.717, 1.165) is 25.1 Å². The second-order valence-electron chi connectivity index (χ2n) is 5.08. The van der Waals surface area contributed by atoms with Crippen molar-refractivity contribution in [1.29, 1.82) is 0 Å². The monoisotopic (exact) mass is 313 g/mol. The summed E-state index contributed by atoms with van der Waals surface area (Å²) >= 11 is 3.69. The normalized spacial score (nSPS) is 12.6. The zero-order valence-electron chi connectivity index (χ0n) is 12.1. The van der Waals surface area contributed by atoms with Crippen LogP contribution in [0.2, 0.25) is 0 Å². The third kappa shape index (κ3) is 3.07. The number of ether oxygens (including phenoxy) is 1. The Labute approximate surface area is 119 Å². The van der Waals surface area contributed by atoms with Gasteiger partial charge >= 0.3 is 0 Å². The molecule has 2 nitrogen and oxygen atoms in total. The highest BCUT2D eigenvalue weighted by Gasteiger charge is 2.16. The van der Waals surface area contributed by atoms with Crippen LogP contribution >= 0.6 is 15.9 Å². The average molecular weight is 314 g/mol. The molecule has 1 aromatic rings. The molecule has 3 heteroatoms. The van der Waals surface area contributed by atoms with Gasteiger partial charge in [0.15, 0.2) is 0 Å². The number of rotatable bonds is 5. The van der Waals surface area contributed by atoms with Crippen LogP contribution in [0.1, 0.15) is 35.6 Å². The quantitative estimate of drug-likeness (QED) is 0.894. The van der Waals surface area contributed by atoms with Crippen molar-refractivity contribution in [3.8, 4) is 5.75 Å². The van der Waals surface area contributed by atoms with Crippen LogP contribution in [0.4, 0.5) is 0 Å². The molecule has 0 amide bonds. The number of hydrogen-bond donors (Lipinski definition) is 1. The van der Waals surface area contributed by atoms with E-state index in [2.05, 4.69) is 43.6 Å². The molecule has 2 N–H and O–H groups in total. The van der Waals surface area contributed by atoms with Crippen molar-refractivity contribution < 1.29 is 4.74 Å². The summed E-state index contributed by atoms with van der Waals surface area (Å²) in [5, 5.41) is 0. The number of methoxy groups -OCH3 is 1. The fraction of sp³-hybridized carbons (Fsp3) is 0.600. The van der Waals surface area contributed by atoms with Gasteiger partial charge in [0.25, 0.3) is 0 Å². The van der Waals surface area contributed by atoms with Crippen molar-refractivity contribution in [3.63, 3.8) is 0 Å². The lowest BCUT2D eigenvalue weighted by molar-refractivity contribution is 0.402. The lowest BCUT2D eigenvalue weighted by Crippen LogP contribution is -2.12. The molecule has 1 rings (SSSR count). The first kappa shape index (κ1) is 15.5. The van der Waals surface area contributed by atoms with Gasteiger partial charge < -0.3 is 10.5 Å². The molecule has 1 atom stereocenters. The molecule has 0 aliphatic rings. The molecule has 0 saturated heterocycles. The van der Waals surface area contributed by atoms with Crippen LogP contribution in [-0.4, -0.2) is 13.7 Å². The van der Waals surface area contributed by atoms with Crippen LogP contribution < -0.4 is 10.5 Å². The first-order valence-corrected chi connectivity index (χ1v) is 7.25. The Morgan fingerprint density at radius 1 is 1.17 bits per heavy atom. The van der Waals surface area contributed by atoms with E-state index in [1.54, 1.807) is 7.11 Å². The highest BCUT2D eigenvalue weighted by Crippen LogP contribution is 2.36. The molecule has 1 unspecified atom stereocenters. The fourth-order valence-corrected chi connectivity index (χ4v) is 2.77. The Kier molecular flexibility index (Phi) is 5.67. The zero-order valence-corrected chi connectivity index (χ0v) is 13.6. The van der Waals surface area contributed by atoms with E-state index < -0.39 is 0 Å². The molecule has 0 aliphatic carbocycles. The van der Waals surface area contributed by atoms with Gasteiger partial charge in [-0.25, -0.2) is 0 Å². The predicted molar refractivity (Wildman–Crippen MR) is 81.4 cm³/mol. The largest absolute Gasteiger partial charge is 0.496 e. The van der Waals surface area contributed by atoms with E-state index in [9.17, 15) is 0 Å². The lowest BCUT2D eigenvalue weighted by atomic mass is 9.93. The van der Waals surface area contributed by atoms with Gasteiger partial charge in [0.05, 0.1) is 7.11 Å². The van der Waals surface area contributed by atoms with Crippen LogP contribution in [0.15, 0.2) is 4.47 Å². The third-order valence-corrected chi connectivity index (χ3v) is 4.97. The average Bonchev–Trinajstić information content (AvgIpc) is 2.38. The molecule has 0 aliphatic heterocycles. The maximum absolute atomic E-state index is 5.69. The maximum atomic E-state index is 5.69. The molecule has 18 heavy (non-hydrogen) atoms. The number of benzene rings is 1. The lowest BCUT2D eigenvalue weighted by Gasteiger charge is -2.19. The van der Waals surface area contributed by atoms with Gasteiger partial charge in [0, 0.05) is 4.47 Å². The van der Waals surface area contributed by atoms with E-state index in [0.29, 0.717) is 5.92 Å². The minimum absolute atomic E-state index is 0.550. The standard InChI is InChI=1S/C15H24BrNO/c1-9(8-17)6-7-13-12(4)14(16)10(2)11(3)15(13)18-5/h9H,6-8,17H2,1-5H3. The predicted octanol–water partition coefficient (Wildman–Crippen LogP) is 3.91. The Hall–Kier alpha value is -0.540. The van der Waals surface area contributed by atoms with Crippen LogP contribution in [-0.2, 0) is 6.42 Å². The second-order valence-corrected chi connectivity index (χ2v) is 5.87. The van der Waals surface area contributed by atoms with Gasteiger partial charge in [0.1, 0.15) is 5.75 Å². The van der Waals surface area contributed by atoms with Crippen molar-refractivity contribution in [3.05, 3.63) is 26.7 Å². The highest BCUT2D eigenvalue weighted by atomic mass is 79.9. The number of nitrogens with two attached hydrogens (primary N) is 1. The van der Waals surface area contributed by atoms with E-state index in [4.69, 9.17) is 10.5 Å². The summed E-state index contributed by atoms with van der Waals surface area (Å²) in [6.45, 7) is 9.34. The zero-order chi connectivity index (χ0) is 13.9. The van der Waals surface area contributed by atoms with Gasteiger partial charge in [-0.3, -0.25) is 0 Å². The molecule has 0 saturated carbocycles. The summed E-state index contributed by atoms with van der Waals surface area (Å²) in [6, 6.07) is 0. The summed E-state index contributed by atoms with van der Waals surface area (Å²) in [4.78, 5) is 0. The van der Waals surface area contributed by atoms with Gasteiger partial charge in [-0.15, -0.1) is 0 Å². The molecule has 0 heterocycles. The highest BCUT2D eigenvalue weighted by molar-refractivity contribution is 9.10. The minimum atomic E-state index is 0.550. The Morgan fingerprint density at radius 2 is 1.78 bits per heavy atom. The van der Waals surface area contributed by atoms with E-state index in [1.807, 2.05) is 0 Å². The number of hydrogen-bond acceptors (Lipinski definition) is 2. The van der Waals surface area contributed by atoms with Crippen LogP contribution in [0.5, 0.6) is 5.75 Å². The maximum Gasteiger partial charge on any atom is 0.125 e. The fourth-order valence-electron chi connectivity index (χ4n) is 2.23. The summed E-state index contributed by atoms with van der Waals surface area (Å²) < 4.78 is 6.81. The van der Waals surface area contributed by atoms with Crippen molar-refractivity contribution in [2.45, 2.75) is 40.5 Å². The molecule has 0 radical (unpaired) electrons. The summed E-state index contributed by atoms with van der Waals surface area (Å²) in [5.74, 6) is 1.59. The van der Waals surface area contributed by atoms with Gasteiger partial charge in [-0.05, 0) is 68.3 Å². The van der Waals surface area contributed by atoms with E-state index in [1.165, 1.54) is 26.7 Å². The molecule has 102 valence electrons. The Balaban J connectivity index is 3.16. The topological polar surface area (TPSA) is 35.2 Å². The summed E-state index contributed by atoms with van der Waals surface area (Å²) in [7, 11) is 1.75. The van der Waals surface area contributed by atoms with Gasteiger partial charge in [-0.2, -0.15) is 0 Å². The summed E-state index contributed by atoms with van der Waals surface area (Å²) in [6.07, 6.45) is 2.12. The minimum Gasteiger partial charge on any atom is -0.496 e. The van der Waals surface area contributed by atoms with Crippen LogP contribution in [0, 0.1) is 26.7 Å². The third-order valence-electron chi connectivity index (χ3n) is 3.78. The smallest absolute Gasteiger partial charge is 0.125 e. The number of halogens is 1. The van der Waals surface area contributed by atoms with E-state index in [-0.39, 0.29) is 0 Å². The van der Waals surface area contributed by atoms with E-state index >= 15 is 0 Å². The molecule has 0 spiro atoms. The Bertz CT molecular complexity index is 429. The van der Waals surface area contributed by atoms with Crippen molar-refractivity contribution >= 4 is 15.9 Å². The first-order valence-electron chi connectivity index (χ1n) is 6.46. The van der Waals surface area contributed by atoms with Crippen molar-refractivity contribution in [1.82, 2.24) is 0 Å². The van der Waals surface area contributed by atoms with Gasteiger partial charge in [0.2, 0.25) is 0 Å². The SMILES string of the molecule is COc1c(C)c(C)c(Br)c(C)c1CCC(C)CN. The molecule has 0 aromatic heterocycles. The summed E-state index contributed by atoms with van der Waals surface area (Å²) in [5.41, 5.74) is 10.8. The van der Waals surface area contributed by atoms with Crippen molar-refractivity contribution in [2.75, 3.05) is 13.7 Å². The second kappa shape index (κ2) is 6.58. The molecule has 0 fully saturated rings. The Morgan fingerprint density at radius 3 is 2.28 bits per heavy atom. The molecule has 0 bridgehead atoms. The molecular formula is C15H24BrNO. The molecular weight excluding hydrogens is 290 g/mol. The van der Waals surface area contributed by atoms with Crippen LogP contribution in [0.3, 0.4) is 0 Å².